The molecule has 0 atom stereocenters. The van der Waals surface area contributed by atoms with Crippen molar-refractivity contribution in [3.8, 4) is 11.4 Å². The highest BCUT2D eigenvalue weighted by atomic mass is 16.5. The number of nitrogens with two attached hydrogens (primary N) is 1. The molecule has 0 spiro atoms. The lowest BCUT2D eigenvalue weighted by molar-refractivity contribution is 0.414. The number of hydrazine groups is 1. The van der Waals surface area contributed by atoms with Gasteiger partial charge in [0, 0.05) is 12.1 Å². The quantitative estimate of drug-likeness (QED) is 0.595. The molecule has 0 saturated heterocycles. The Morgan fingerprint density at radius 3 is 2.88 bits per heavy atom. The highest BCUT2D eigenvalue weighted by Gasteiger charge is 2.03. The van der Waals surface area contributed by atoms with Crippen LogP contribution in [-0.2, 0) is 0 Å². The Hall–Kier alpha value is -2.34. The van der Waals surface area contributed by atoms with E-state index < -0.39 is 0 Å². The van der Waals surface area contributed by atoms with Crippen LogP contribution in [0.2, 0.25) is 0 Å². The fourth-order valence-corrected chi connectivity index (χ4v) is 1.42. The second kappa shape index (κ2) is 4.67. The van der Waals surface area contributed by atoms with Gasteiger partial charge in [0.05, 0.1) is 24.7 Å². The Kier molecular flexibility index (Phi) is 3.06. The van der Waals surface area contributed by atoms with E-state index in [4.69, 9.17) is 10.6 Å². The lowest BCUT2D eigenvalue weighted by Crippen LogP contribution is -2.21. The maximum Gasteiger partial charge on any atom is 0.273 e. The van der Waals surface area contributed by atoms with E-state index in [0.717, 1.165) is 0 Å². The maximum absolute atomic E-state index is 11.8. The van der Waals surface area contributed by atoms with Crippen LogP contribution in [0.25, 0.3) is 5.69 Å². The van der Waals surface area contributed by atoms with Gasteiger partial charge in [0.25, 0.3) is 5.56 Å². The van der Waals surface area contributed by atoms with Gasteiger partial charge in [-0.15, -0.1) is 0 Å². The van der Waals surface area contributed by atoms with E-state index in [1.807, 2.05) is 0 Å². The van der Waals surface area contributed by atoms with Crippen LogP contribution in [0.3, 0.4) is 0 Å². The molecular formula is C11H12N4O2. The Balaban J connectivity index is 2.49. The van der Waals surface area contributed by atoms with Crippen molar-refractivity contribution < 1.29 is 4.74 Å². The minimum Gasteiger partial charge on any atom is -0.497 e. The third-order valence-electron chi connectivity index (χ3n) is 2.26. The number of rotatable bonds is 3. The summed E-state index contributed by atoms with van der Waals surface area (Å²) in [6.07, 6.45) is 1.47. The number of nitrogens with zero attached hydrogens (tertiary/aromatic N) is 2. The molecule has 2 aromatic rings. The van der Waals surface area contributed by atoms with E-state index in [9.17, 15) is 4.79 Å². The van der Waals surface area contributed by atoms with Crippen molar-refractivity contribution in [2.45, 2.75) is 0 Å². The highest BCUT2D eigenvalue weighted by Crippen LogP contribution is 2.14. The summed E-state index contributed by atoms with van der Waals surface area (Å²) >= 11 is 0. The number of anilines is 1. The van der Waals surface area contributed by atoms with Crippen LogP contribution in [0.4, 0.5) is 5.69 Å². The number of ether oxygens (including phenoxy) is 1. The fraction of sp³-hybridized carbons (Fsp3) is 0.0909. The van der Waals surface area contributed by atoms with Crippen LogP contribution in [0, 0.1) is 0 Å². The van der Waals surface area contributed by atoms with Crippen molar-refractivity contribution in [3.05, 3.63) is 46.9 Å². The molecule has 0 aliphatic heterocycles. The number of benzene rings is 1. The van der Waals surface area contributed by atoms with Crippen LogP contribution < -0.4 is 21.6 Å². The van der Waals surface area contributed by atoms with E-state index in [2.05, 4.69) is 10.5 Å². The predicted molar refractivity (Wildman–Crippen MR) is 64.2 cm³/mol. The topological polar surface area (TPSA) is 82.2 Å². The first kappa shape index (κ1) is 11.2. The number of methoxy groups -OCH3 is 1. The van der Waals surface area contributed by atoms with E-state index in [1.165, 1.54) is 16.9 Å². The normalized spacial score (nSPS) is 10.0. The van der Waals surface area contributed by atoms with E-state index in [0.29, 0.717) is 17.1 Å². The van der Waals surface area contributed by atoms with Gasteiger partial charge >= 0.3 is 0 Å². The predicted octanol–water partition coefficient (Wildman–Crippen LogP) is 0.527. The van der Waals surface area contributed by atoms with Gasteiger partial charge in [-0.05, 0) is 12.1 Å². The number of nitrogen functional groups attached to an aromatic ring is 1. The molecule has 88 valence electrons. The van der Waals surface area contributed by atoms with Crippen LogP contribution in [0.1, 0.15) is 0 Å². The molecule has 17 heavy (non-hydrogen) atoms. The lowest BCUT2D eigenvalue weighted by Gasteiger charge is -2.06. The lowest BCUT2D eigenvalue weighted by atomic mass is 10.3. The zero-order valence-electron chi connectivity index (χ0n) is 9.25. The summed E-state index contributed by atoms with van der Waals surface area (Å²) in [6, 6.07) is 8.45. The molecule has 0 unspecified atom stereocenters. The van der Waals surface area contributed by atoms with Gasteiger partial charge in [-0.1, -0.05) is 6.07 Å². The SMILES string of the molecule is COc1cccc(-n2ncc(NN)cc2=O)c1. The first-order chi connectivity index (χ1) is 8.24. The van der Waals surface area contributed by atoms with Crippen molar-refractivity contribution in [2.24, 2.45) is 5.84 Å². The monoisotopic (exact) mass is 232 g/mol. The molecule has 0 fully saturated rings. The summed E-state index contributed by atoms with van der Waals surface area (Å²) in [5.41, 5.74) is 3.20. The molecular weight excluding hydrogens is 220 g/mol. The third-order valence-corrected chi connectivity index (χ3v) is 2.26. The van der Waals surface area contributed by atoms with E-state index in [-0.39, 0.29) is 5.56 Å². The van der Waals surface area contributed by atoms with Crippen LogP contribution in [-0.4, -0.2) is 16.9 Å². The molecule has 6 nitrogen and oxygen atoms in total. The van der Waals surface area contributed by atoms with Gasteiger partial charge in [0.2, 0.25) is 0 Å². The Bertz CT molecular complexity index is 580. The number of hydrogen-bond acceptors (Lipinski definition) is 5. The van der Waals surface area contributed by atoms with Crippen molar-refractivity contribution >= 4 is 5.69 Å². The average molecular weight is 232 g/mol. The summed E-state index contributed by atoms with van der Waals surface area (Å²) in [6.45, 7) is 0. The Morgan fingerprint density at radius 2 is 2.24 bits per heavy atom. The molecule has 0 amide bonds. The van der Waals surface area contributed by atoms with Crippen LogP contribution in [0.15, 0.2) is 41.3 Å². The summed E-state index contributed by atoms with van der Waals surface area (Å²) in [5.74, 6) is 5.86. The zero-order valence-corrected chi connectivity index (χ0v) is 9.25. The van der Waals surface area contributed by atoms with Crippen LogP contribution >= 0.6 is 0 Å². The third kappa shape index (κ3) is 2.26. The number of nitrogens with one attached hydrogen (secondary N) is 1. The standard InChI is InChI=1S/C11H12N4O2/c1-17-10-4-2-3-9(6-10)15-11(16)5-8(14-12)7-13-15/h2-7,14H,12H2,1H3. The van der Waals surface area contributed by atoms with Gasteiger partial charge in [-0.25, -0.2) is 0 Å². The van der Waals surface area contributed by atoms with Crippen molar-refractivity contribution in [3.63, 3.8) is 0 Å². The molecule has 0 aliphatic rings. The first-order valence-corrected chi connectivity index (χ1v) is 4.95. The number of hydrogen-bond donors (Lipinski definition) is 2. The molecule has 1 aromatic heterocycles. The molecule has 0 radical (unpaired) electrons. The highest BCUT2D eigenvalue weighted by molar-refractivity contribution is 5.41. The van der Waals surface area contributed by atoms with Crippen LogP contribution in [0.5, 0.6) is 5.75 Å². The summed E-state index contributed by atoms with van der Waals surface area (Å²) < 4.78 is 6.35. The van der Waals surface area contributed by atoms with E-state index >= 15 is 0 Å². The minimum absolute atomic E-state index is 0.270. The molecule has 2 rings (SSSR count). The first-order valence-electron chi connectivity index (χ1n) is 4.95. The molecule has 1 aromatic carbocycles. The largest absolute Gasteiger partial charge is 0.497 e. The zero-order chi connectivity index (χ0) is 12.3. The maximum atomic E-state index is 11.8. The molecule has 0 aliphatic carbocycles. The summed E-state index contributed by atoms with van der Waals surface area (Å²) in [5, 5.41) is 4.00. The second-order valence-corrected chi connectivity index (χ2v) is 3.34. The molecule has 6 heteroatoms. The average Bonchev–Trinajstić information content (AvgIpc) is 2.38. The van der Waals surface area contributed by atoms with Crippen molar-refractivity contribution in [1.82, 2.24) is 9.78 Å². The van der Waals surface area contributed by atoms with Gasteiger partial charge in [0.15, 0.2) is 0 Å². The summed E-state index contributed by atoms with van der Waals surface area (Å²) in [7, 11) is 1.57. The van der Waals surface area contributed by atoms with Gasteiger partial charge in [-0.3, -0.25) is 10.6 Å². The van der Waals surface area contributed by atoms with Gasteiger partial charge < -0.3 is 10.2 Å². The molecule has 0 saturated carbocycles. The molecule has 3 N–H and O–H groups in total. The van der Waals surface area contributed by atoms with Gasteiger partial charge in [0.1, 0.15) is 5.75 Å². The van der Waals surface area contributed by atoms with Gasteiger partial charge in [-0.2, -0.15) is 9.78 Å². The van der Waals surface area contributed by atoms with Crippen molar-refractivity contribution in [2.75, 3.05) is 12.5 Å². The van der Waals surface area contributed by atoms with Crippen molar-refractivity contribution in [1.29, 1.82) is 0 Å². The molecule has 0 bridgehead atoms. The minimum atomic E-state index is -0.270. The Morgan fingerprint density at radius 1 is 1.41 bits per heavy atom. The molecule has 1 heterocycles. The second-order valence-electron chi connectivity index (χ2n) is 3.34. The van der Waals surface area contributed by atoms with E-state index in [1.54, 1.807) is 31.4 Å². The number of aromatic nitrogens is 2. The fourth-order valence-electron chi connectivity index (χ4n) is 1.42. The Labute approximate surface area is 97.6 Å². The smallest absolute Gasteiger partial charge is 0.273 e. The summed E-state index contributed by atoms with van der Waals surface area (Å²) in [4.78, 5) is 11.8.